The van der Waals surface area contributed by atoms with Gasteiger partial charge in [-0.2, -0.15) is 0 Å². The standard InChI is InChI=1S/C21H18BrNO3/c1-13(22)11-18(21(25)26-2)23-20(24)19-16-9-5-3-7-14(16)12-15-8-4-6-10-17(15)19/h3-10,12,18H,1,11H2,2H3,(H,23,24)/t18-/m0/s1. The Kier molecular flexibility index (Phi) is 5.38. The molecular formula is C21H18BrNO3. The maximum absolute atomic E-state index is 13.1. The predicted octanol–water partition coefficient (Wildman–Crippen LogP) is 4.56. The average molecular weight is 412 g/mol. The molecule has 1 atom stereocenters. The number of fused-ring (bicyclic) bond motifs is 2. The first-order valence-corrected chi connectivity index (χ1v) is 8.93. The van der Waals surface area contributed by atoms with E-state index in [-0.39, 0.29) is 12.3 Å². The quantitative estimate of drug-likeness (QED) is 0.494. The van der Waals surface area contributed by atoms with Crippen molar-refractivity contribution >= 4 is 49.4 Å². The van der Waals surface area contributed by atoms with Crippen molar-refractivity contribution in [2.24, 2.45) is 0 Å². The second-order valence-electron chi connectivity index (χ2n) is 5.96. The minimum Gasteiger partial charge on any atom is -0.467 e. The van der Waals surface area contributed by atoms with Crippen LogP contribution in [0.2, 0.25) is 0 Å². The van der Waals surface area contributed by atoms with Gasteiger partial charge in [-0.1, -0.05) is 71.0 Å². The Balaban J connectivity index is 2.11. The molecule has 3 rings (SSSR count). The van der Waals surface area contributed by atoms with Gasteiger partial charge in [-0.3, -0.25) is 4.79 Å². The molecule has 26 heavy (non-hydrogen) atoms. The Morgan fingerprint density at radius 1 is 1.08 bits per heavy atom. The number of rotatable bonds is 5. The lowest BCUT2D eigenvalue weighted by Gasteiger charge is -2.18. The third kappa shape index (κ3) is 3.63. The lowest BCUT2D eigenvalue weighted by molar-refractivity contribution is -0.142. The highest BCUT2D eigenvalue weighted by atomic mass is 79.9. The van der Waals surface area contributed by atoms with Gasteiger partial charge in [-0.05, 0) is 32.1 Å². The van der Waals surface area contributed by atoms with Gasteiger partial charge in [0.2, 0.25) is 0 Å². The van der Waals surface area contributed by atoms with Crippen LogP contribution < -0.4 is 5.32 Å². The van der Waals surface area contributed by atoms with Gasteiger partial charge in [0.05, 0.1) is 12.7 Å². The van der Waals surface area contributed by atoms with Crippen LogP contribution in [0, 0.1) is 0 Å². The van der Waals surface area contributed by atoms with Gasteiger partial charge in [0, 0.05) is 6.42 Å². The van der Waals surface area contributed by atoms with Crippen LogP contribution in [-0.4, -0.2) is 25.0 Å². The van der Waals surface area contributed by atoms with E-state index >= 15 is 0 Å². The molecule has 3 aromatic rings. The molecular weight excluding hydrogens is 394 g/mol. The summed E-state index contributed by atoms with van der Waals surface area (Å²) in [7, 11) is 1.30. The Labute approximate surface area is 160 Å². The van der Waals surface area contributed by atoms with E-state index in [1.165, 1.54) is 7.11 Å². The first kappa shape index (κ1) is 18.1. The fourth-order valence-electron chi connectivity index (χ4n) is 3.05. The summed E-state index contributed by atoms with van der Waals surface area (Å²) in [5.41, 5.74) is 0.549. The number of hydrogen-bond acceptors (Lipinski definition) is 3. The van der Waals surface area contributed by atoms with Crippen molar-refractivity contribution in [3.8, 4) is 0 Å². The Morgan fingerprint density at radius 3 is 2.12 bits per heavy atom. The first-order valence-electron chi connectivity index (χ1n) is 8.13. The van der Waals surface area contributed by atoms with Crippen molar-refractivity contribution in [3.63, 3.8) is 0 Å². The molecule has 0 aliphatic rings. The van der Waals surface area contributed by atoms with Crippen LogP contribution >= 0.6 is 15.9 Å². The lowest BCUT2D eigenvalue weighted by atomic mass is 9.96. The molecule has 1 N–H and O–H groups in total. The summed E-state index contributed by atoms with van der Waals surface area (Å²) in [6.45, 7) is 3.75. The largest absolute Gasteiger partial charge is 0.467 e. The number of methoxy groups -OCH3 is 1. The number of halogens is 1. The molecule has 3 aromatic carbocycles. The van der Waals surface area contributed by atoms with Gasteiger partial charge in [-0.25, -0.2) is 4.79 Å². The monoisotopic (exact) mass is 411 g/mol. The molecule has 0 bridgehead atoms. The zero-order valence-electron chi connectivity index (χ0n) is 14.3. The predicted molar refractivity (Wildman–Crippen MR) is 107 cm³/mol. The summed E-state index contributed by atoms with van der Waals surface area (Å²) in [4.78, 5) is 25.2. The second kappa shape index (κ2) is 7.70. The maximum Gasteiger partial charge on any atom is 0.328 e. The van der Waals surface area contributed by atoms with Crippen molar-refractivity contribution in [1.29, 1.82) is 0 Å². The van der Waals surface area contributed by atoms with E-state index in [1.54, 1.807) is 0 Å². The number of esters is 1. The topological polar surface area (TPSA) is 55.4 Å². The van der Waals surface area contributed by atoms with Crippen LogP contribution in [0.3, 0.4) is 0 Å². The smallest absolute Gasteiger partial charge is 0.328 e. The SMILES string of the molecule is C=C(Br)C[C@H](NC(=O)c1c2ccccc2cc2ccccc12)C(=O)OC. The van der Waals surface area contributed by atoms with Gasteiger partial charge in [0.1, 0.15) is 6.04 Å². The van der Waals surface area contributed by atoms with E-state index in [9.17, 15) is 9.59 Å². The van der Waals surface area contributed by atoms with E-state index in [1.807, 2.05) is 48.5 Å². The molecule has 0 saturated heterocycles. The van der Waals surface area contributed by atoms with Crippen LogP contribution in [0.5, 0.6) is 0 Å². The zero-order chi connectivity index (χ0) is 18.7. The van der Waals surface area contributed by atoms with Crippen LogP contribution in [0.4, 0.5) is 0 Å². The molecule has 0 heterocycles. The van der Waals surface area contributed by atoms with Crippen molar-refractivity contribution in [3.05, 3.63) is 71.2 Å². The number of ether oxygens (including phenoxy) is 1. The summed E-state index contributed by atoms with van der Waals surface area (Å²) in [5.74, 6) is -0.828. The van der Waals surface area contributed by atoms with Gasteiger partial charge >= 0.3 is 5.97 Å². The third-order valence-corrected chi connectivity index (χ3v) is 4.54. The Hall–Kier alpha value is -2.66. The van der Waals surface area contributed by atoms with E-state index in [4.69, 9.17) is 4.74 Å². The summed E-state index contributed by atoms with van der Waals surface area (Å²) >= 11 is 3.24. The molecule has 1 amide bonds. The third-order valence-electron chi connectivity index (χ3n) is 4.21. The van der Waals surface area contributed by atoms with Gasteiger partial charge in [0.15, 0.2) is 0 Å². The molecule has 5 heteroatoms. The molecule has 0 aromatic heterocycles. The molecule has 0 unspecified atom stereocenters. The number of nitrogens with one attached hydrogen (secondary N) is 1. The van der Waals surface area contributed by atoms with E-state index < -0.39 is 12.0 Å². The summed E-state index contributed by atoms with van der Waals surface area (Å²) in [5, 5.41) is 6.41. The zero-order valence-corrected chi connectivity index (χ0v) is 15.9. The highest BCUT2D eigenvalue weighted by molar-refractivity contribution is 9.11. The molecule has 4 nitrogen and oxygen atoms in total. The van der Waals surface area contributed by atoms with Crippen molar-refractivity contribution in [2.75, 3.05) is 7.11 Å². The summed E-state index contributed by atoms with van der Waals surface area (Å²) < 4.78 is 5.42. The van der Waals surface area contributed by atoms with Crippen LogP contribution in [-0.2, 0) is 9.53 Å². The molecule has 0 radical (unpaired) electrons. The maximum atomic E-state index is 13.1. The summed E-state index contributed by atoms with van der Waals surface area (Å²) in [6.07, 6.45) is 0.251. The molecule has 0 spiro atoms. The highest BCUT2D eigenvalue weighted by Gasteiger charge is 2.24. The van der Waals surface area contributed by atoms with Crippen molar-refractivity contribution in [2.45, 2.75) is 12.5 Å². The first-order chi connectivity index (χ1) is 12.5. The Morgan fingerprint density at radius 2 is 1.62 bits per heavy atom. The number of benzene rings is 3. The lowest BCUT2D eigenvalue weighted by Crippen LogP contribution is -2.41. The van der Waals surface area contributed by atoms with Crippen molar-refractivity contribution < 1.29 is 14.3 Å². The van der Waals surface area contributed by atoms with Crippen LogP contribution in [0.15, 0.2) is 65.7 Å². The van der Waals surface area contributed by atoms with Gasteiger partial charge in [0.25, 0.3) is 5.91 Å². The minimum absolute atomic E-state index is 0.251. The average Bonchev–Trinajstić information content (AvgIpc) is 2.64. The minimum atomic E-state index is -0.808. The normalized spacial score (nSPS) is 11.9. The van der Waals surface area contributed by atoms with E-state index in [0.29, 0.717) is 10.0 Å². The summed E-state index contributed by atoms with van der Waals surface area (Å²) in [6, 6.07) is 16.7. The number of carbonyl (C=O) groups excluding carboxylic acids is 2. The Bertz CT molecular complexity index is 958. The van der Waals surface area contributed by atoms with Crippen LogP contribution in [0.25, 0.3) is 21.5 Å². The van der Waals surface area contributed by atoms with Gasteiger partial charge < -0.3 is 10.1 Å². The van der Waals surface area contributed by atoms with E-state index in [0.717, 1.165) is 21.5 Å². The highest BCUT2D eigenvalue weighted by Crippen LogP contribution is 2.28. The molecule has 0 aliphatic heterocycles. The number of hydrogen-bond donors (Lipinski definition) is 1. The molecule has 0 saturated carbocycles. The fraction of sp³-hybridized carbons (Fsp3) is 0.143. The van der Waals surface area contributed by atoms with E-state index in [2.05, 4.69) is 33.9 Å². The fourth-order valence-corrected chi connectivity index (χ4v) is 3.37. The van der Waals surface area contributed by atoms with Crippen LogP contribution in [0.1, 0.15) is 16.8 Å². The number of carbonyl (C=O) groups is 2. The molecule has 0 fully saturated rings. The van der Waals surface area contributed by atoms with Gasteiger partial charge in [-0.15, -0.1) is 0 Å². The number of amides is 1. The molecule has 132 valence electrons. The second-order valence-corrected chi connectivity index (χ2v) is 7.09. The van der Waals surface area contributed by atoms with Crippen molar-refractivity contribution in [1.82, 2.24) is 5.32 Å². The molecule has 0 aliphatic carbocycles.